The van der Waals surface area contributed by atoms with Crippen LogP contribution in [0.25, 0.3) is 0 Å². The first-order chi connectivity index (χ1) is 13.1. The Hall–Kier alpha value is -2.62. The monoisotopic (exact) mass is 362 g/mol. The predicted octanol–water partition coefficient (Wildman–Crippen LogP) is 4.10. The summed E-state index contributed by atoms with van der Waals surface area (Å²) >= 11 is 0. The summed E-state index contributed by atoms with van der Waals surface area (Å²) < 4.78 is 0. The predicted molar refractivity (Wildman–Crippen MR) is 105 cm³/mol. The van der Waals surface area contributed by atoms with Crippen molar-refractivity contribution in [3.63, 3.8) is 0 Å². The summed E-state index contributed by atoms with van der Waals surface area (Å²) in [5.41, 5.74) is 2.16. The zero-order valence-corrected chi connectivity index (χ0v) is 15.9. The van der Waals surface area contributed by atoms with Crippen LogP contribution in [-0.2, 0) is 9.59 Å². The van der Waals surface area contributed by atoms with Crippen LogP contribution in [0.1, 0.15) is 56.3 Å². The van der Waals surface area contributed by atoms with Crippen LogP contribution in [0.2, 0.25) is 0 Å². The molecule has 0 radical (unpaired) electrons. The van der Waals surface area contributed by atoms with E-state index in [1.54, 1.807) is 0 Å². The molecule has 2 aromatic rings. The summed E-state index contributed by atoms with van der Waals surface area (Å²) in [6.07, 6.45) is 2.40. The molecule has 0 saturated carbocycles. The molecule has 4 atom stereocenters. The molecule has 0 aromatic heterocycles. The Bertz CT molecular complexity index is 751. The minimum absolute atomic E-state index is 0.0937. The first-order valence-electron chi connectivity index (χ1n) is 9.84. The molecular weight excluding hydrogens is 336 g/mol. The van der Waals surface area contributed by atoms with Gasteiger partial charge in [0.15, 0.2) is 0 Å². The molecule has 3 fully saturated rings. The molecule has 140 valence electrons. The van der Waals surface area contributed by atoms with Crippen molar-refractivity contribution in [2.24, 2.45) is 0 Å². The van der Waals surface area contributed by atoms with E-state index in [9.17, 15) is 9.59 Å². The number of carbonyl (C=O) groups is 2. The van der Waals surface area contributed by atoms with Gasteiger partial charge in [-0.3, -0.25) is 9.59 Å². The highest BCUT2D eigenvalue weighted by molar-refractivity contribution is 5.98. The first-order valence-corrected chi connectivity index (χ1v) is 9.84. The average Bonchev–Trinajstić information content (AvgIpc) is 2.98. The van der Waals surface area contributed by atoms with E-state index in [-0.39, 0.29) is 36.0 Å². The van der Waals surface area contributed by atoms with Crippen LogP contribution in [0.15, 0.2) is 60.7 Å². The third-order valence-electron chi connectivity index (χ3n) is 6.10. The van der Waals surface area contributed by atoms with E-state index < -0.39 is 0 Å². The fraction of sp³-hybridized carbons (Fsp3) is 0.391. The molecule has 5 rings (SSSR count). The van der Waals surface area contributed by atoms with Crippen LogP contribution >= 0.6 is 0 Å². The van der Waals surface area contributed by atoms with Crippen molar-refractivity contribution in [3.8, 4) is 0 Å². The minimum Gasteiger partial charge on any atom is -0.322 e. The van der Waals surface area contributed by atoms with E-state index in [4.69, 9.17) is 0 Å². The average molecular weight is 362 g/mol. The summed E-state index contributed by atoms with van der Waals surface area (Å²) in [7, 11) is 0. The zero-order valence-electron chi connectivity index (χ0n) is 15.9. The van der Waals surface area contributed by atoms with Gasteiger partial charge < -0.3 is 9.80 Å². The van der Waals surface area contributed by atoms with Gasteiger partial charge in [-0.2, -0.15) is 0 Å². The van der Waals surface area contributed by atoms with Crippen molar-refractivity contribution >= 4 is 11.8 Å². The highest BCUT2D eigenvalue weighted by Gasteiger charge is 2.50. The molecule has 4 heteroatoms. The molecular formula is C23H26N2O2. The molecule has 4 nitrogen and oxygen atoms in total. The van der Waals surface area contributed by atoms with E-state index >= 15 is 0 Å². The summed E-state index contributed by atoms with van der Waals surface area (Å²) in [4.78, 5) is 30.6. The molecule has 2 amide bonds. The van der Waals surface area contributed by atoms with Crippen molar-refractivity contribution in [3.05, 3.63) is 71.8 Å². The summed E-state index contributed by atoms with van der Waals surface area (Å²) in [5, 5.41) is 0. The van der Waals surface area contributed by atoms with Gasteiger partial charge in [-0.15, -0.1) is 0 Å². The Morgan fingerprint density at radius 2 is 1.07 bits per heavy atom. The van der Waals surface area contributed by atoms with Crippen molar-refractivity contribution in [2.75, 3.05) is 0 Å². The summed E-state index contributed by atoms with van der Waals surface area (Å²) in [6, 6.07) is 19.1. The van der Waals surface area contributed by atoms with E-state index in [1.807, 2.05) is 84.3 Å². The van der Waals surface area contributed by atoms with Crippen LogP contribution in [0.3, 0.4) is 0 Å². The standard InChI is InChI=1S/C23H26N2O2/c1-16(18-10-5-3-6-11-18)24-20-14-9-15-21(22(24)26)25(23(20)27)17(2)19-12-7-4-8-13-19/h3-8,10-13,16-17,20-21H,9,14-15H2,1-2H3/t16-,17-,20-,21-/m0/s1. The summed E-state index contributed by atoms with van der Waals surface area (Å²) in [5.74, 6) is 0.187. The topological polar surface area (TPSA) is 40.6 Å². The van der Waals surface area contributed by atoms with Crippen molar-refractivity contribution in [1.82, 2.24) is 9.80 Å². The highest BCUT2D eigenvalue weighted by atomic mass is 16.2. The van der Waals surface area contributed by atoms with Crippen LogP contribution < -0.4 is 0 Å². The number of piperazine rings is 1. The maximum absolute atomic E-state index is 13.4. The lowest BCUT2D eigenvalue weighted by atomic mass is 9.96. The number of hydrogen-bond donors (Lipinski definition) is 0. The molecule has 2 bridgehead atoms. The number of carbonyl (C=O) groups excluding carboxylic acids is 2. The molecule has 0 N–H and O–H groups in total. The number of amides is 2. The van der Waals surface area contributed by atoms with Crippen LogP contribution in [0.4, 0.5) is 0 Å². The molecule has 0 aliphatic carbocycles. The van der Waals surface area contributed by atoms with Gasteiger partial charge in [-0.1, -0.05) is 60.7 Å². The van der Waals surface area contributed by atoms with Gasteiger partial charge in [0.1, 0.15) is 12.1 Å². The normalized spacial score (nSPS) is 24.7. The number of fused-ring (bicyclic) bond motifs is 4. The number of hydrogen-bond acceptors (Lipinski definition) is 2. The Morgan fingerprint density at radius 3 is 1.44 bits per heavy atom. The second kappa shape index (κ2) is 7.18. The van der Waals surface area contributed by atoms with E-state index in [2.05, 4.69) is 0 Å². The zero-order chi connectivity index (χ0) is 19.0. The van der Waals surface area contributed by atoms with Crippen molar-refractivity contribution in [2.45, 2.75) is 57.3 Å². The second-order valence-corrected chi connectivity index (χ2v) is 7.63. The van der Waals surface area contributed by atoms with Gasteiger partial charge in [0.25, 0.3) is 0 Å². The fourth-order valence-electron chi connectivity index (χ4n) is 4.62. The lowest BCUT2D eigenvalue weighted by Gasteiger charge is -2.47. The first kappa shape index (κ1) is 17.8. The largest absolute Gasteiger partial charge is 0.322 e. The van der Waals surface area contributed by atoms with Gasteiger partial charge in [0.2, 0.25) is 11.8 Å². The third kappa shape index (κ3) is 3.03. The molecule has 0 spiro atoms. The molecule has 3 heterocycles. The van der Waals surface area contributed by atoms with Crippen LogP contribution in [-0.4, -0.2) is 33.7 Å². The van der Waals surface area contributed by atoms with E-state index in [0.717, 1.165) is 30.4 Å². The van der Waals surface area contributed by atoms with E-state index in [0.29, 0.717) is 0 Å². The van der Waals surface area contributed by atoms with Gasteiger partial charge in [0, 0.05) is 0 Å². The fourth-order valence-corrected chi connectivity index (χ4v) is 4.62. The van der Waals surface area contributed by atoms with E-state index in [1.165, 1.54) is 0 Å². The number of nitrogens with zero attached hydrogens (tertiary/aromatic N) is 2. The highest BCUT2D eigenvalue weighted by Crippen LogP contribution is 2.39. The number of benzene rings is 2. The smallest absolute Gasteiger partial charge is 0.246 e. The number of rotatable bonds is 4. The SMILES string of the molecule is C[C@@H](c1ccccc1)N1C(=O)[C@@H]2CCC[C@H]1C(=O)N2[C@@H](C)c1ccccc1. The van der Waals surface area contributed by atoms with Crippen LogP contribution in [0.5, 0.6) is 0 Å². The van der Waals surface area contributed by atoms with Crippen molar-refractivity contribution < 1.29 is 9.59 Å². The van der Waals surface area contributed by atoms with Crippen molar-refractivity contribution in [1.29, 1.82) is 0 Å². The molecule has 3 aliphatic heterocycles. The molecule has 0 unspecified atom stereocenters. The molecule has 3 saturated heterocycles. The molecule has 2 aromatic carbocycles. The Labute approximate surface area is 160 Å². The Morgan fingerprint density at radius 1 is 0.704 bits per heavy atom. The quantitative estimate of drug-likeness (QED) is 0.821. The molecule has 27 heavy (non-hydrogen) atoms. The second-order valence-electron chi connectivity index (χ2n) is 7.63. The van der Waals surface area contributed by atoms with Gasteiger partial charge in [0.05, 0.1) is 12.1 Å². The van der Waals surface area contributed by atoms with Crippen LogP contribution in [0, 0.1) is 0 Å². The van der Waals surface area contributed by atoms with Gasteiger partial charge in [-0.05, 0) is 44.2 Å². The van der Waals surface area contributed by atoms with Gasteiger partial charge in [-0.25, -0.2) is 0 Å². The Kier molecular flexibility index (Phi) is 4.73. The van der Waals surface area contributed by atoms with Gasteiger partial charge >= 0.3 is 0 Å². The molecule has 3 aliphatic rings. The lowest BCUT2D eigenvalue weighted by molar-refractivity contribution is -0.165. The lowest BCUT2D eigenvalue weighted by Crippen LogP contribution is -2.63. The maximum Gasteiger partial charge on any atom is 0.246 e. The minimum atomic E-state index is -0.363. The third-order valence-corrected chi connectivity index (χ3v) is 6.10. The Balaban J connectivity index is 1.68. The summed E-state index contributed by atoms with van der Waals surface area (Å²) in [6.45, 7) is 4.07. The maximum atomic E-state index is 13.4.